The Morgan fingerprint density at radius 3 is 2.54 bits per heavy atom. The van der Waals surface area contributed by atoms with Crippen LogP contribution in [0.15, 0.2) is 54.9 Å². The van der Waals surface area contributed by atoms with Gasteiger partial charge in [0.1, 0.15) is 5.82 Å². The Kier molecular flexibility index (Phi) is 5.92. The highest BCUT2D eigenvalue weighted by molar-refractivity contribution is 5.94. The summed E-state index contributed by atoms with van der Waals surface area (Å²) in [4.78, 5) is 23.2. The lowest BCUT2D eigenvalue weighted by molar-refractivity contribution is 0.0732. The molecule has 26 heavy (non-hydrogen) atoms. The molecule has 0 saturated carbocycles. The molecule has 0 atom stereocenters. The van der Waals surface area contributed by atoms with Crippen LogP contribution in [0.5, 0.6) is 0 Å². The molecule has 1 amide bonds. The van der Waals surface area contributed by atoms with E-state index in [-0.39, 0.29) is 12.5 Å². The van der Waals surface area contributed by atoms with E-state index in [2.05, 4.69) is 28.2 Å². The second-order valence-electron chi connectivity index (χ2n) is 6.18. The van der Waals surface area contributed by atoms with Crippen LogP contribution in [0.3, 0.4) is 0 Å². The lowest BCUT2D eigenvalue weighted by Crippen LogP contribution is -2.32. The van der Waals surface area contributed by atoms with E-state index in [0.29, 0.717) is 25.1 Å². The van der Waals surface area contributed by atoms with Crippen molar-refractivity contribution in [2.45, 2.75) is 26.3 Å². The summed E-state index contributed by atoms with van der Waals surface area (Å²) in [6, 6.07) is 14.3. The van der Waals surface area contributed by atoms with Crippen LogP contribution < -0.4 is 0 Å². The number of hydrogen-bond donors (Lipinski definition) is 1. The average Bonchev–Trinajstić information content (AvgIpc) is 2.70. The van der Waals surface area contributed by atoms with E-state index in [1.54, 1.807) is 17.3 Å². The first kappa shape index (κ1) is 18.0. The zero-order valence-electron chi connectivity index (χ0n) is 14.9. The van der Waals surface area contributed by atoms with Gasteiger partial charge in [0, 0.05) is 38.5 Å². The predicted molar refractivity (Wildman–Crippen MR) is 102 cm³/mol. The van der Waals surface area contributed by atoms with E-state index in [1.165, 1.54) is 0 Å². The zero-order valence-corrected chi connectivity index (χ0v) is 14.9. The number of rotatable bonds is 7. The summed E-state index contributed by atoms with van der Waals surface area (Å²) in [5.74, 6) is 0.603. The Morgan fingerprint density at radius 1 is 1.08 bits per heavy atom. The molecular formula is C21H23N3O2. The monoisotopic (exact) mass is 349 g/mol. The van der Waals surface area contributed by atoms with Gasteiger partial charge < -0.3 is 10.0 Å². The number of nitrogens with zero attached hydrogens (tertiary/aromatic N) is 3. The summed E-state index contributed by atoms with van der Waals surface area (Å²) >= 11 is 0. The predicted octanol–water partition coefficient (Wildman–Crippen LogP) is 3.22. The van der Waals surface area contributed by atoms with Gasteiger partial charge in [0.05, 0.1) is 5.56 Å². The van der Waals surface area contributed by atoms with Gasteiger partial charge in [-0.2, -0.15) is 0 Å². The fourth-order valence-corrected chi connectivity index (χ4v) is 2.98. The van der Waals surface area contributed by atoms with Gasteiger partial charge in [-0.15, -0.1) is 0 Å². The third kappa shape index (κ3) is 4.06. The van der Waals surface area contributed by atoms with Crippen LogP contribution >= 0.6 is 0 Å². The first-order valence-corrected chi connectivity index (χ1v) is 8.90. The summed E-state index contributed by atoms with van der Waals surface area (Å²) in [5.41, 5.74) is 1.56. The molecule has 0 aliphatic carbocycles. The van der Waals surface area contributed by atoms with Crippen LogP contribution in [0.2, 0.25) is 0 Å². The summed E-state index contributed by atoms with van der Waals surface area (Å²) < 4.78 is 0. The topological polar surface area (TPSA) is 66.3 Å². The number of aryl methyl sites for hydroxylation is 1. The molecule has 3 rings (SSSR count). The number of carbonyl (C=O) groups excluding carboxylic acids is 1. The lowest BCUT2D eigenvalue weighted by Gasteiger charge is -2.23. The molecular weight excluding hydrogens is 326 g/mol. The number of hydrogen-bond acceptors (Lipinski definition) is 4. The van der Waals surface area contributed by atoms with Crippen molar-refractivity contribution in [3.8, 4) is 0 Å². The number of amides is 1. The molecule has 0 bridgehead atoms. The van der Waals surface area contributed by atoms with Gasteiger partial charge in [-0.1, -0.05) is 49.4 Å². The average molecular weight is 349 g/mol. The molecule has 0 fully saturated rings. The number of carbonyl (C=O) groups is 1. The molecule has 0 saturated heterocycles. The number of aromatic nitrogens is 2. The van der Waals surface area contributed by atoms with Gasteiger partial charge in [-0.25, -0.2) is 9.97 Å². The standard InChI is InChI=1S/C21H23N3O2/c1-2-20-22-13-18(14-23-20)21(26)24(11-6-12-25)15-17-9-5-8-16-7-3-4-10-19(16)17/h3-5,7-10,13-14,25H,2,6,11-12,15H2,1H3. The van der Waals surface area contributed by atoms with Crippen molar-refractivity contribution < 1.29 is 9.90 Å². The van der Waals surface area contributed by atoms with Crippen LogP contribution in [-0.4, -0.2) is 39.0 Å². The van der Waals surface area contributed by atoms with Crippen LogP contribution in [0.4, 0.5) is 0 Å². The largest absolute Gasteiger partial charge is 0.396 e. The van der Waals surface area contributed by atoms with Gasteiger partial charge in [-0.05, 0) is 22.8 Å². The minimum Gasteiger partial charge on any atom is -0.396 e. The number of aliphatic hydroxyl groups is 1. The molecule has 0 aliphatic rings. The van der Waals surface area contributed by atoms with Gasteiger partial charge in [0.2, 0.25) is 0 Å². The molecule has 0 unspecified atom stereocenters. The minimum absolute atomic E-state index is 0.0462. The molecule has 1 N–H and O–H groups in total. The third-order valence-electron chi connectivity index (χ3n) is 4.38. The maximum Gasteiger partial charge on any atom is 0.257 e. The molecule has 0 aliphatic heterocycles. The van der Waals surface area contributed by atoms with Gasteiger partial charge in [0.25, 0.3) is 5.91 Å². The third-order valence-corrected chi connectivity index (χ3v) is 4.38. The van der Waals surface area contributed by atoms with Crippen molar-refractivity contribution in [3.63, 3.8) is 0 Å². The summed E-state index contributed by atoms with van der Waals surface area (Å²) in [7, 11) is 0. The van der Waals surface area contributed by atoms with E-state index in [9.17, 15) is 9.90 Å². The Bertz CT molecular complexity index is 873. The highest BCUT2D eigenvalue weighted by Gasteiger charge is 2.17. The summed E-state index contributed by atoms with van der Waals surface area (Å²) in [6.07, 6.45) is 4.44. The SMILES string of the molecule is CCc1ncc(C(=O)N(CCCO)Cc2cccc3ccccc23)cn1. The van der Waals surface area contributed by atoms with Gasteiger partial charge in [0.15, 0.2) is 0 Å². The maximum atomic E-state index is 13.0. The molecule has 0 radical (unpaired) electrons. The van der Waals surface area contributed by atoms with Crippen molar-refractivity contribution in [3.05, 3.63) is 71.8 Å². The normalized spacial score (nSPS) is 10.8. The first-order valence-electron chi connectivity index (χ1n) is 8.90. The van der Waals surface area contributed by atoms with Crippen LogP contribution in [0.1, 0.15) is 35.1 Å². The highest BCUT2D eigenvalue weighted by atomic mass is 16.3. The van der Waals surface area contributed by atoms with E-state index in [0.717, 1.165) is 28.6 Å². The van der Waals surface area contributed by atoms with Crippen LogP contribution in [0, 0.1) is 0 Å². The Labute approximate surface area is 153 Å². The Hall–Kier alpha value is -2.79. The van der Waals surface area contributed by atoms with Crippen molar-refractivity contribution in [2.75, 3.05) is 13.2 Å². The van der Waals surface area contributed by atoms with E-state index in [4.69, 9.17) is 0 Å². The number of fused-ring (bicyclic) bond motifs is 1. The minimum atomic E-state index is -0.117. The molecule has 1 heterocycles. The lowest BCUT2D eigenvalue weighted by atomic mass is 10.0. The molecule has 5 nitrogen and oxygen atoms in total. The second kappa shape index (κ2) is 8.54. The molecule has 3 aromatic rings. The fourth-order valence-electron chi connectivity index (χ4n) is 2.98. The number of aliphatic hydroxyl groups excluding tert-OH is 1. The molecule has 5 heteroatoms. The fraction of sp³-hybridized carbons (Fsp3) is 0.286. The second-order valence-corrected chi connectivity index (χ2v) is 6.18. The number of benzene rings is 2. The van der Waals surface area contributed by atoms with E-state index in [1.807, 2.05) is 31.2 Å². The summed E-state index contributed by atoms with van der Waals surface area (Å²) in [6.45, 7) is 2.99. The smallest absolute Gasteiger partial charge is 0.257 e. The molecule has 2 aromatic carbocycles. The maximum absolute atomic E-state index is 13.0. The first-order chi connectivity index (χ1) is 12.7. The van der Waals surface area contributed by atoms with Crippen LogP contribution in [0.25, 0.3) is 10.8 Å². The Balaban J connectivity index is 1.88. The highest BCUT2D eigenvalue weighted by Crippen LogP contribution is 2.21. The van der Waals surface area contributed by atoms with Crippen molar-refractivity contribution >= 4 is 16.7 Å². The van der Waals surface area contributed by atoms with Crippen LogP contribution in [-0.2, 0) is 13.0 Å². The Morgan fingerprint density at radius 2 is 1.81 bits per heavy atom. The quantitative estimate of drug-likeness (QED) is 0.711. The molecule has 0 spiro atoms. The zero-order chi connectivity index (χ0) is 18.4. The van der Waals surface area contributed by atoms with E-state index >= 15 is 0 Å². The van der Waals surface area contributed by atoms with Gasteiger partial charge in [-0.3, -0.25) is 4.79 Å². The van der Waals surface area contributed by atoms with E-state index < -0.39 is 0 Å². The summed E-state index contributed by atoms with van der Waals surface area (Å²) in [5, 5.41) is 11.5. The van der Waals surface area contributed by atoms with Gasteiger partial charge >= 0.3 is 0 Å². The molecule has 1 aromatic heterocycles. The van der Waals surface area contributed by atoms with Crippen molar-refractivity contribution in [2.24, 2.45) is 0 Å². The van der Waals surface area contributed by atoms with Crippen molar-refractivity contribution in [1.29, 1.82) is 0 Å². The molecule has 134 valence electrons. The van der Waals surface area contributed by atoms with Crippen molar-refractivity contribution in [1.82, 2.24) is 14.9 Å².